The van der Waals surface area contributed by atoms with Crippen molar-refractivity contribution in [2.75, 3.05) is 0 Å². The van der Waals surface area contributed by atoms with Gasteiger partial charge in [0.25, 0.3) is 0 Å². The molecule has 0 aliphatic heterocycles. The first kappa shape index (κ1) is 10.8. The summed E-state index contributed by atoms with van der Waals surface area (Å²) in [5, 5.41) is 21.6. The van der Waals surface area contributed by atoms with E-state index in [1.54, 1.807) is 19.1 Å². The molecule has 17 heavy (non-hydrogen) atoms. The quantitative estimate of drug-likeness (QED) is 0.832. The van der Waals surface area contributed by atoms with Crippen LogP contribution in [0.5, 0.6) is 0 Å². The zero-order chi connectivity index (χ0) is 12.4. The Kier molecular flexibility index (Phi) is 2.58. The minimum atomic E-state index is -1.07. The topological polar surface area (TPSA) is 91.8 Å². The van der Waals surface area contributed by atoms with E-state index < -0.39 is 5.97 Å². The number of rotatable bonds is 2. The van der Waals surface area contributed by atoms with Gasteiger partial charge in [-0.1, -0.05) is 0 Å². The van der Waals surface area contributed by atoms with Crippen LogP contribution in [0.2, 0.25) is 0 Å². The zero-order valence-electron chi connectivity index (χ0n) is 8.95. The largest absolute Gasteiger partial charge is 0.478 e. The van der Waals surface area contributed by atoms with E-state index in [1.807, 2.05) is 6.07 Å². The first-order valence-corrected chi connectivity index (χ1v) is 4.78. The first-order valence-electron chi connectivity index (χ1n) is 4.78. The van der Waals surface area contributed by atoms with Crippen molar-refractivity contribution < 1.29 is 9.90 Å². The molecular weight excluding hydrogens is 220 g/mol. The number of hydrogen-bond acceptors (Lipinski definition) is 4. The van der Waals surface area contributed by atoms with Gasteiger partial charge in [0.2, 0.25) is 0 Å². The maximum Gasteiger partial charge on any atom is 0.338 e. The van der Waals surface area contributed by atoms with E-state index in [-0.39, 0.29) is 5.56 Å². The van der Waals surface area contributed by atoms with Crippen LogP contribution in [-0.4, -0.2) is 25.8 Å². The highest BCUT2D eigenvalue weighted by atomic mass is 16.4. The van der Waals surface area contributed by atoms with Gasteiger partial charge in [0.05, 0.1) is 17.3 Å². The molecule has 0 bridgehead atoms. The molecule has 6 nitrogen and oxygen atoms in total. The number of aromatic nitrogens is 3. The molecule has 0 aliphatic carbocycles. The van der Waals surface area contributed by atoms with Gasteiger partial charge in [0, 0.05) is 11.9 Å². The average Bonchev–Trinajstić information content (AvgIpc) is 2.78. The lowest BCUT2D eigenvalue weighted by molar-refractivity contribution is 0.0697. The average molecular weight is 228 g/mol. The summed E-state index contributed by atoms with van der Waals surface area (Å²) in [5.74, 6) is -0.734. The van der Waals surface area contributed by atoms with Crippen LogP contribution in [0.25, 0.3) is 5.82 Å². The summed E-state index contributed by atoms with van der Waals surface area (Å²) >= 11 is 0. The van der Waals surface area contributed by atoms with Crippen molar-refractivity contribution in [3.63, 3.8) is 0 Å². The highest BCUT2D eigenvalue weighted by Gasteiger charge is 2.11. The Hall–Kier alpha value is -2.68. The van der Waals surface area contributed by atoms with Crippen LogP contribution in [0.3, 0.4) is 0 Å². The standard InChI is InChI=1S/C11H8N4O2/c1-7-2-3-8(4-12)10(14-7)15-6-9(5-13-15)11(16)17/h2-3,5-6H,1H3,(H,16,17). The molecule has 0 aromatic carbocycles. The third-order valence-corrected chi connectivity index (χ3v) is 2.18. The van der Waals surface area contributed by atoms with Gasteiger partial charge < -0.3 is 5.11 Å². The number of carbonyl (C=O) groups is 1. The molecule has 0 atom stereocenters. The lowest BCUT2D eigenvalue weighted by Gasteiger charge is -2.03. The fourth-order valence-corrected chi connectivity index (χ4v) is 1.35. The molecule has 1 N–H and O–H groups in total. The maximum absolute atomic E-state index is 10.7. The van der Waals surface area contributed by atoms with Crippen molar-refractivity contribution >= 4 is 5.97 Å². The fraction of sp³-hybridized carbons (Fsp3) is 0.0909. The Balaban J connectivity index is 2.56. The maximum atomic E-state index is 10.7. The summed E-state index contributed by atoms with van der Waals surface area (Å²) in [7, 11) is 0. The molecule has 2 aromatic rings. The Morgan fingerprint density at radius 1 is 1.53 bits per heavy atom. The molecule has 0 spiro atoms. The third kappa shape index (κ3) is 1.99. The molecule has 0 aliphatic rings. The monoisotopic (exact) mass is 228 g/mol. The molecule has 0 fully saturated rings. The SMILES string of the molecule is Cc1ccc(C#N)c(-n2cc(C(=O)O)cn2)n1. The van der Waals surface area contributed by atoms with Gasteiger partial charge in [-0.05, 0) is 19.1 Å². The summed E-state index contributed by atoms with van der Waals surface area (Å²) in [4.78, 5) is 14.9. The zero-order valence-corrected chi connectivity index (χ0v) is 8.95. The number of carboxylic acids is 1. The van der Waals surface area contributed by atoms with Crippen LogP contribution < -0.4 is 0 Å². The van der Waals surface area contributed by atoms with Crippen LogP contribution in [0, 0.1) is 18.3 Å². The number of pyridine rings is 1. The molecular formula is C11H8N4O2. The van der Waals surface area contributed by atoms with Crippen LogP contribution in [0.1, 0.15) is 21.6 Å². The van der Waals surface area contributed by atoms with E-state index in [1.165, 1.54) is 17.1 Å². The number of aromatic carboxylic acids is 1. The third-order valence-electron chi connectivity index (χ3n) is 2.18. The normalized spacial score (nSPS) is 9.88. The van der Waals surface area contributed by atoms with Crippen LogP contribution in [0.15, 0.2) is 24.5 Å². The molecule has 0 radical (unpaired) electrons. The molecule has 6 heteroatoms. The van der Waals surface area contributed by atoms with E-state index in [4.69, 9.17) is 10.4 Å². The summed E-state index contributed by atoms with van der Waals surface area (Å²) in [6, 6.07) is 5.33. The van der Waals surface area contributed by atoms with Gasteiger partial charge >= 0.3 is 5.97 Å². The van der Waals surface area contributed by atoms with Gasteiger partial charge in [0.15, 0.2) is 5.82 Å². The van der Waals surface area contributed by atoms with E-state index in [0.29, 0.717) is 11.4 Å². The molecule has 0 saturated heterocycles. The van der Waals surface area contributed by atoms with Crippen LogP contribution >= 0.6 is 0 Å². The van der Waals surface area contributed by atoms with Crippen molar-refractivity contribution in [2.24, 2.45) is 0 Å². The molecule has 0 unspecified atom stereocenters. The number of nitrogens with zero attached hydrogens (tertiary/aromatic N) is 4. The van der Waals surface area contributed by atoms with E-state index >= 15 is 0 Å². The van der Waals surface area contributed by atoms with E-state index in [2.05, 4.69) is 10.1 Å². The second-order valence-corrected chi connectivity index (χ2v) is 3.41. The van der Waals surface area contributed by atoms with Gasteiger partial charge in [-0.15, -0.1) is 0 Å². The Morgan fingerprint density at radius 2 is 2.29 bits per heavy atom. The fourth-order valence-electron chi connectivity index (χ4n) is 1.35. The lowest BCUT2D eigenvalue weighted by Crippen LogP contribution is -2.02. The summed E-state index contributed by atoms with van der Waals surface area (Å²) in [6.07, 6.45) is 2.54. The predicted molar refractivity (Wildman–Crippen MR) is 57.8 cm³/mol. The summed E-state index contributed by atoms with van der Waals surface area (Å²) < 4.78 is 1.29. The predicted octanol–water partition coefficient (Wildman–Crippen LogP) is 1.15. The lowest BCUT2D eigenvalue weighted by atomic mass is 10.2. The molecule has 2 aromatic heterocycles. The minimum absolute atomic E-state index is 0.0530. The number of hydrogen-bond donors (Lipinski definition) is 1. The molecule has 84 valence electrons. The van der Waals surface area contributed by atoms with E-state index in [9.17, 15) is 4.79 Å². The van der Waals surface area contributed by atoms with Gasteiger partial charge in [-0.25, -0.2) is 14.5 Å². The molecule has 0 amide bonds. The van der Waals surface area contributed by atoms with E-state index in [0.717, 1.165) is 5.69 Å². The summed E-state index contributed by atoms with van der Waals surface area (Å²) in [6.45, 7) is 1.78. The molecule has 2 rings (SSSR count). The van der Waals surface area contributed by atoms with Crippen molar-refractivity contribution in [3.8, 4) is 11.9 Å². The van der Waals surface area contributed by atoms with Gasteiger partial charge in [0.1, 0.15) is 6.07 Å². The smallest absolute Gasteiger partial charge is 0.338 e. The van der Waals surface area contributed by atoms with Gasteiger partial charge in [-0.3, -0.25) is 0 Å². The molecule has 0 saturated carbocycles. The Morgan fingerprint density at radius 3 is 2.88 bits per heavy atom. The minimum Gasteiger partial charge on any atom is -0.478 e. The van der Waals surface area contributed by atoms with Crippen molar-refractivity contribution in [1.82, 2.24) is 14.8 Å². The van der Waals surface area contributed by atoms with Crippen LogP contribution in [0.4, 0.5) is 0 Å². The van der Waals surface area contributed by atoms with Crippen molar-refractivity contribution in [3.05, 3.63) is 41.3 Å². The first-order chi connectivity index (χ1) is 8.11. The summed E-state index contributed by atoms with van der Waals surface area (Å²) in [5.41, 5.74) is 1.12. The number of aryl methyl sites for hydroxylation is 1. The van der Waals surface area contributed by atoms with Crippen LogP contribution in [-0.2, 0) is 0 Å². The second kappa shape index (κ2) is 4.06. The van der Waals surface area contributed by atoms with Crippen molar-refractivity contribution in [2.45, 2.75) is 6.92 Å². The van der Waals surface area contributed by atoms with Gasteiger partial charge in [-0.2, -0.15) is 10.4 Å². The Bertz CT molecular complexity index is 625. The second-order valence-electron chi connectivity index (χ2n) is 3.41. The highest BCUT2D eigenvalue weighted by molar-refractivity contribution is 5.86. The Labute approximate surface area is 96.8 Å². The highest BCUT2D eigenvalue weighted by Crippen LogP contribution is 2.12. The number of carboxylic acid groups (broad SMARTS) is 1. The van der Waals surface area contributed by atoms with Crippen molar-refractivity contribution in [1.29, 1.82) is 5.26 Å². The number of nitriles is 1. The molecule has 2 heterocycles.